The molecule has 3 heterocycles. The molecule has 2 aromatic rings. The Morgan fingerprint density at radius 1 is 1.42 bits per heavy atom. The predicted octanol–water partition coefficient (Wildman–Crippen LogP) is 5.29. The number of hydrogen-bond donors (Lipinski definition) is 1. The summed E-state index contributed by atoms with van der Waals surface area (Å²) in [4.78, 5) is 17.0. The Hall–Kier alpha value is -1.48. The van der Waals surface area contributed by atoms with E-state index in [1.54, 1.807) is 6.08 Å². The fourth-order valence-corrected chi connectivity index (χ4v) is 7.29. The van der Waals surface area contributed by atoms with E-state index in [9.17, 15) is 18.3 Å². The lowest BCUT2D eigenvalue weighted by molar-refractivity contribution is -0.137. The maximum atomic E-state index is 12.6. The number of aryl methyl sites for hydroxylation is 1. The number of aromatic nitrogens is 2. The average Bonchev–Trinajstić information content (AvgIpc) is 2.99. The molecule has 4 rings (SSSR count). The molecule has 166 valence electrons. The molecule has 6 nitrogen and oxygen atoms in total. The lowest BCUT2D eigenvalue weighted by Gasteiger charge is -2.32. The molecule has 0 amide bonds. The van der Waals surface area contributed by atoms with Crippen molar-refractivity contribution >= 4 is 61.8 Å². The predicted molar refractivity (Wildman–Crippen MR) is 124 cm³/mol. The van der Waals surface area contributed by atoms with Crippen LogP contribution in [0.25, 0.3) is 11.0 Å². The van der Waals surface area contributed by atoms with E-state index in [0.717, 1.165) is 23.4 Å². The quantitative estimate of drug-likeness (QED) is 0.599. The van der Waals surface area contributed by atoms with Crippen molar-refractivity contribution in [2.45, 2.75) is 59.6 Å². The van der Waals surface area contributed by atoms with Crippen LogP contribution in [-0.4, -0.2) is 40.0 Å². The monoisotopic (exact) mass is 500 g/mol. The molecule has 0 bridgehead atoms. The van der Waals surface area contributed by atoms with E-state index in [1.165, 1.54) is 30.3 Å². The number of aliphatic carboxylic acids is 1. The molecular formula is C21H22Cl2N2O4S2. The molecule has 1 aliphatic carbocycles. The molecular weight excluding hydrogens is 479 g/mol. The van der Waals surface area contributed by atoms with E-state index in [4.69, 9.17) is 23.2 Å². The summed E-state index contributed by atoms with van der Waals surface area (Å²) < 4.78 is 26.7. The van der Waals surface area contributed by atoms with Crippen molar-refractivity contribution in [1.29, 1.82) is 0 Å². The topological polar surface area (TPSA) is 89.3 Å². The standard InChI is InChI=1S/C21H22Cl2N2O4S2/c1-21(7-5-13(22)11-15(21)23)30-19-17-14(31(2,28)29)6-8-24-20(17)25-9-3-4-12(18(19)25)10-16(26)27/h5-6,8,11-12H,3-4,7,9-10H2,1-2H3,(H,26,27). The first-order valence-electron chi connectivity index (χ1n) is 9.86. The number of rotatable bonds is 5. The van der Waals surface area contributed by atoms with Gasteiger partial charge in [-0.05, 0) is 38.3 Å². The second kappa shape index (κ2) is 8.14. The Labute approximate surface area is 195 Å². The summed E-state index contributed by atoms with van der Waals surface area (Å²) in [6, 6.07) is 1.51. The summed E-state index contributed by atoms with van der Waals surface area (Å²) in [6.45, 7) is 2.65. The highest BCUT2D eigenvalue weighted by molar-refractivity contribution is 8.01. The minimum atomic E-state index is -3.54. The highest BCUT2D eigenvalue weighted by atomic mass is 35.5. The van der Waals surface area contributed by atoms with Crippen molar-refractivity contribution in [3.05, 3.63) is 40.2 Å². The number of carboxylic acids is 1. The first-order chi connectivity index (χ1) is 14.5. The molecule has 2 unspecified atom stereocenters. The van der Waals surface area contributed by atoms with Crippen molar-refractivity contribution in [3.8, 4) is 0 Å². The molecule has 2 atom stereocenters. The molecule has 10 heteroatoms. The van der Waals surface area contributed by atoms with E-state index >= 15 is 0 Å². The van der Waals surface area contributed by atoms with E-state index < -0.39 is 20.6 Å². The summed E-state index contributed by atoms with van der Waals surface area (Å²) in [5.41, 5.74) is 1.41. The zero-order valence-corrected chi connectivity index (χ0v) is 20.2. The number of sulfone groups is 1. The average molecular weight is 501 g/mol. The second-order valence-corrected chi connectivity index (χ2v) is 12.5. The largest absolute Gasteiger partial charge is 0.481 e. The molecule has 31 heavy (non-hydrogen) atoms. The molecule has 0 fully saturated rings. The van der Waals surface area contributed by atoms with Crippen molar-refractivity contribution in [1.82, 2.24) is 9.55 Å². The van der Waals surface area contributed by atoms with Crippen molar-refractivity contribution in [2.24, 2.45) is 0 Å². The number of hydrogen-bond acceptors (Lipinski definition) is 5. The molecule has 0 saturated heterocycles. The molecule has 1 N–H and O–H groups in total. The number of pyridine rings is 1. The van der Waals surface area contributed by atoms with Crippen LogP contribution >= 0.6 is 35.0 Å². The van der Waals surface area contributed by atoms with Crippen LogP contribution < -0.4 is 0 Å². The number of carbonyl (C=O) groups is 1. The summed E-state index contributed by atoms with van der Waals surface area (Å²) in [5.74, 6) is -1.11. The first kappa shape index (κ1) is 22.7. The normalized spacial score (nSPS) is 23.9. The van der Waals surface area contributed by atoms with Gasteiger partial charge in [0.25, 0.3) is 0 Å². The van der Waals surface area contributed by atoms with Crippen LogP contribution in [0.2, 0.25) is 0 Å². The number of halogens is 2. The van der Waals surface area contributed by atoms with Gasteiger partial charge >= 0.3 is 5.97 Å². The smallest absolute Gasteiger partial charge is 0.304 e. The van der Waals surface area contributed by atoms with Crippen LogP contribution in [0.15, 0.2) is 44.3 Å². The van der Waals surface area contributed by atoms with Gasteiger partial charge in [0.1, 0.15) is 5.65 Å². The maximum absolute atomic E-state index is 12.6. The van der Waals surface area contributed by atoms with Crippen LogP contribution in [0.3, 0.4) is 0 Å². The Morgan fingerprint density at radius 3 is 2.81 bits per heavy atom. The van der Waals surface area contributed by atoms with Crippen molar-refractivity contribution in [3.63, 3.8) is 0 Å². The van der Waals surface area contributed by atoms with Gasteiger partial charge in [-0.25, -0.2) is 13.4 Å². The van der Waals surface area contributed by atoms with Crippen LogP contribution in [0, 0.1) is 0 Å². The van der Waals surface area contributed by atoms with Gasteiger partial charge in [0.15, 0.2) is 9.84 Å². The SMILES string of the molecule is CC1(Sc2c3n(c4nccc(S(C)(=O)=O)c24)CCCC3CC(=O)O)CC=C(Cl)C=C1Cl. The van der Waals surface area contributed by atoms with Crippen LogP contribution in [-0.2, 0) is 21.2 Å². The Bertz CT molecular complexity index is 1250. The minimum absolute atomic E-state index is 0.0237. The molecule has 0 saturated carbocycles. The molecule has 2 aromatic heterocycles. The van der Waals surface area contributed by atoms with Gasteiger partial charge in [-0.2, -0.15) is 0 Å². The number of allylic oxidation sites excluding steroid dienone is 3. The highest BCUT2D eigenvalue weighted by Crippen LogP contribution is 2.53. The fraction of sp³-hybridized carbons (Fsp3) is 0.429. The van der Waals surface area contributed by atoms with E-state index in [0.29, 0.717) is 34.1 Å². The Balaban J connectivity index is 2.00. The number of thioether (sulfide) groups is 1. The number of fused-ring (bicyclic) bond motifs is 3. The van der Waals surface area contributed by atoms with Crippen LogP contribution in [0.1, 0.15) is 44.2 Å². The van der Waals surface area contributed by atoms with Gasteiger partial charge in [0.05, 0.1) is 21.4 Å². The highest BCUT2D eigenvalue weighted by Gasteiger charge is 2.38. The van der Waals surface area contributed by atoms with Crippen LogP contribution in [0.4, 0.5) is 0 Å². The lowest BCUT2D eigenvalue weighted by atomic mass is 9.93. The summed E-state index contributed by atoms with van der Waals surface area (Å²) in [6.07, 6.45) is 8.33. The van der Waals surface area contributed by atoms with Gasteiger partial charge in [-0.3, -0.25) is 4.79 Å². The molecule has 0 aromatic carbocycles. The maximum Gasteiger partial charge on any atom is 0.304 e. The van der Waals surface area contributed by atoms with Gasteiger partial charge in [-0.15, -0.1) is 11.8 Å². The third-order valence-corrected chi connectivity index (χ3v) is 9.32. The minimum Gasteiger partial charge on any atom is -0.481 e. The zero-order chi connectivity index (χ0) is 22.6. The zero-order valence-electron chi connectivity index (χ0n) is 17.1. The van der Waals surface area contributed by atoms with Gasteiger partial charge in [-0.1, -0.05) is 29.3 Å². The Morgan fingerprint density at radius 2 is 2.16 bits per heavy atom. The third-order valence-electron chi connectivity index (χ3n) is 5.82. The van der Waals surface area contributed by atoms with Crippen LogP contribution in [0.5, 0.6) is 0 Å². The summed E-state index contributed by atoms with van der Waals surface area (Å²) in [5, 5.41) is 11.2. The van der Waals surface area contributed by atoms with Crippen molar-refractivity contribution in [2.75, 3.05) is 6.26 Å². The molecule has 0 radical (unpaired) electrons. The summed E-state index contributed by atoms with van der Waals surface area (Å²) in [7, 11) is -3.54. The lowest BCUT2D eigenvalue weighted by Crippen LogP contribution is -2.23. The van der Waals surface area contributed by atoms with Gasteiger partial charge in [0, 0.05) is 45.6 Å². The molecule has 1 aliphatic heterocycles. The molecule has 2 aliphatic rings. The number of nitrogens with zero attached hydrogens (tertiary/aromatic N) is 2. The first-order valence-corrected chi connectivity index (χ1v) is 13.3. The van der Waals surface area contributed by atoms with Gasteiger partial charge < -0.3 is 9.67 Å². The van der Waals surface area contributed by atoms with Gasteiger partial charge in [0.2, 0.25) is 0 Å². The number of carboxylic acid groups (broad SMARTS) is 1. The molecule has 0 spiro atoms. The van der Waals surface area contributed by atoms with E-state index in [1.807, 2.05) is 17.6 Å². The summed E-state index contributed by atoms with van der Waals surface area (Å²) >= 11 is 14.2. The Kier molecular flexibility index (Phi) is 5.96. The van der Waals surface area contributed by atoms with Crippen molar-refractivity contribution < 1.29 is 18.3 Å². The third kappa shape index (κ3) is 4.15. The second-order valence-electron chi connectivity index (χ2n) is 8.20. The van der Waals surface area contributed by atoms with E-state index in [2.05, 4.69) is 4.98 Å². The fourth-order valence-electron chi connectivity index (χ4n) is 4.34. The van der Waals surface area contributed by atoms with E-state index in [-0.39, 0.29) is 17.2 Å².